The Morgan fingerprint density at radius 1 is 1.44 bits per heavy atom. The van der Waals surface area contributed by atoms with E-state index in [1.165, 1.54) is 18.2 Å². The number of rotatable bonds is 5. The molecule has 0 spiro atoms. The number of alkyl halides is 1. The zero-order valence-corrected chi connectivity index (χ0v) is 11.9. The lowest BCUT2D eigenvalue weighted by Gasteiger charge is -2.23. The molecule has 2 nitrogen and oxygen atoms in total. The Bertz CT molecular complexity index is 435. The summed E-state index contributed by atoms with van der Waals surface area (Å²) < 4.78 is 13.2. The van der Waals surface area contributed by atoms with Gasteiger partial charge in [0.1, 0.15) is 5.82 Å². The minimum atomic E-state index is -0.593. The fourth-order valence-corrected chi connectivity index (χ4v) is 2.16. The number of hydrogen-bond donors (Lipinski definition) is 1. The van der Waals surface area contributed by atoms with Gasteiger partial charge in [-0.15, -0.1) is 11.6 Å². The topological polar surface area (TPSA) is 29.1 Å². The Balaban J connectivity index is 2.69. The Morgan fingerprint density at radius 3 is 2.72 bits per heavy atom. The highest BCUT2D eigenvalue weighted by atomic mass is 35.5. The highest BCUT2D eigenvalue weighted by molar-refractivity contribution is 6.34. The summed E-state index contributed by atoms with van der Waals surface area (Å²) in [5, 5.41) is 2.60. The standard InChI is InChI=1S/C13H16Cl2FNO/c1-13(2,6-7-14)8-17-12(18)9-4-3-5-10(16)11(9)15/h3-5H,6-8H2,1-2H3,(H,17,18). The summed E-state index contributed by atoms with van der Waals surface area (Å²) in [6, 6.07) is 4.17. The highest BCUT2D eigenvalue weighted by Crippen LogP contribution is 2.22. The zero-order valence-electron chi connectivity index (χ0n) is 10.4. The van der Waals surface area contributed by atoms with Crippen molar-refractivity contribution in [2.75, 3.05) is 12.4 Å². The molecule has 0 fully saturated rings. The molecule has 1 aromatic rings. The second kappa shape index (κ2) is 6.39. The molecule has 1 rings (SSSR count). The number of halogens is 3. The molecule has 1 aromatic carbocycles. The third-order valence-electron chi connectivity index (χ3n) is 2.69. The molecular weight excluding hydrogens is 276 g/mol. The molecular formula is C13H16Cl2FNO. The summed E-state index contributed by atoms with van der Waals surface area (Å²) in [6.45, 7) is 4.47. The molecule has 0 heterocycles. The highest BCUT2D eigenvalue weighted by Gasteiger charge is 2.20. The van der Waals surface area contributed by atoms with Crippen molar-refractivity contribution >= 4 is 29.1 Å². The van der Waals surface area contributed by atoms with E-state index in [-0.39, 0.29) is 21.9 Å². The number of amides is 1. The van der Waals surface area contributed by atoms with E-state index in [1.807, 2.05) is 13.8 Å². The van der Waals surface area contributed by atoms with Gasteiger partial charge in [0.15, 0.2) is 0 Å². The van der Waals surface area contributed by atoms with Gasteiger partial charge in [0.05, 0.1) is 10.6 Å². The van der Waals surface area contributed by atoms with E-state index >= 15 is 0 Å². The fourth-order valence-electron chi connectivity index (χ4n) is 1.44. The first-order valence-corrected chi connectivity index (χ1v) is 6.57. The van der Waals surface area contributed by atoms with Crippen molar-refractivity contribution in [3.63, 3.8) is 0 Å². The molecule has 0 aliphatic heterocycles. The van der Waals surface area contributed by atoms with Crippen molar-refractivity contribution in [2.45, 2.75) is 20.3 Å². The van der Waals surface area contributed by atoms with E-state index in [4.69, 9.17) is 23.2 Å². The summed E-state index contributed by atoms with van der Waals surface area (Å²) in [4.78, 5) is 11.9. The molecule has 0 aliphatic rings. The van der Waals surface area contributed by atoms with Crippen LogP contribution in [-0.2, 0) is 0 Å². The maximum Gasteiger partial charge on any atom is 0.252 e. The third kappa shape index (κ3) is 4.14. The van der Waals surface area contributed by atoms with E-state index in [2.05, 4.69) is 5.32 Å². The van der Waals surface area contributed by atoms with Crippen LogP contribution < -0.4 is 5.32 Å². The summed E-state index contributed by atoms with van der Waals surface area (Å²) >= 11 is 11.4. The van der Waals surface area contributed by atoms with Crippen molar-refractivity contribution in [3.8, 4) is 0 Å². The molecule has 0 bridgehead atoms. The van der Waals surface area contributed by atoms with E-state index < -0.39 is 5.82 Å². The fraction of sp³-hybridized carbons (Fsp3) is 0.462. The minimum absolute atomic E-state index is 0.1000. The van der Waals surface area contributed by atoms with Crippen LogP contribution in [0.25, 0.3) is 0 Å². The zero-order chi connectivity index (χ0) is 13.8. The molecule has 0 saturated carbocycles. The molecule has 0 saturated heterocycles. The molecule has 0 aliphatic carbocycles. The predicted molar refractivity (Wildman–Crippen MR) is 72.9 cm³/mol. The molecule has 5 heteroatoms. The second-order valence-corrected chi connectivity index (χ2v) is 5.64. The molecule has 18 heavy (non-hydrogen) atoms. The van der Waals surface area contributed by atoms with Crippen LogP contribution in [0.2, 0.25) is 5.02 Å². The van der Waals surface area contributed by atoms with Crippen LogP contribution in [-0.4, -0.2) is 18.3 Å². The van der Waals surface area contributed by atoms with Gasteiger partial charge in [-0.3, -0.25) is 4.79 Å². The van der Waals surface area contributed by atoms with Gasteiger partial charge in [-0.25, -0.2) is 4.39 Å². The molecule has 0 aromatic heterocycles. The van der Waals surface area contributed by atoms with Crippen molar-refractivity contribution in [1.82, 2.24) is 5.32 Å². The molecule has 1 N–H and O–H groups in total. The number of carbonyl (C=O) groups excluding carboxylic acids is 1. The normalized spacial score (nSPS) is 11.4. The summed E-state index contributed by atoms with van der Waals surface area (Å²) in [5.41, 5.74) is 0.0513. The number of hydrogen-bond acceptors (Lipinski definition) is 1. The molecule has 1 amide bonds. The quantitative estimate of drug-likeness (QED) is 0.820. The van der Waals surface area contributed by atoms with Crippen LogP contribution >= 0.6 is 23.2 Å². The van der Waals surface area contributed by atoms with Crippen molar-refractivity contribution in [3.05, 3.63) is 34.6 Å². The van der Waals surface area contributed by atoms with Gasteiger partial charge in [0.2, 0.25) is 0 Å². The summed E-state index contributed by atoms with van der Waals surface area (Å²) in [5.74, 6) is -0.435. The van der Waals surface area contributed by atoms with Crippen LogP contribution in [0.5, 0.6) is 0 Å². The maximum atomic E-state index is 13.2. The van der Waals surface area contributed by atoms with Crippen molar-refractivity contribution < 1.29 is 9.18 Å². The first-order chi connectivity index (χ1) is 8.37. The molecule has 0 radical (unpaired) electrons. The predicted octanol–water partition coefficient (Wildman–Crippen LogP) is 3.86. The monoisotopic (exact) mass is 291 g/mol. The Labute approximate surface area is 116 Å². The Kier molecular flexibility index (Phi) is 5.42. The molecule has 100 valence electrons. The average molecular weight is 292 g/mol. The van der Waals surface area contributed by atoms with E-state index in [1.54, 1.807) is 0 Å². The Morgan fingerprint density at radius 2 is 2.11 bits per heavy atom. The SMILES string of the molecule is CC(C)(CCCl)CNC(=O)c1cccc(F)c1Cl. The third-order valence-corrected chi connectivity index (χ3v) is 3.27. The van der Waals surface area contributed by atoms with Gasteiger partial charge in [-0.2, -0.15) is 0 Å². The van der Waals surface area contributed by atoms with E-state index in [9.17, 15) is 9.18 Å². The van der Waals surface area contributed by atoms with Gasteiger partial charge in [0.25, 0.3) is 5.91 Å². The van der Waals surface area contributed by atoms with Crippen molar-refractivity contribution in [2.24, 2.45) is 5.41 Å². The maximum absolute atomic E-state index is 13.2. The largest absolute Gasteiger partial charge is 0.351 e. The van der Waals surface area contributed by atoms with Crippen molar-refractivity contribution in [1.29, 1.82) is 0 Å². The summed E-state index contributed by atoms with van der Waals surface area (Å²) in [6.07, 6.45) is 0.783. The smallest absolute Gasteiger partial charge is 0.252 e. The minimum Gasteiger partial charge on any atom is -0.351 e. The van der Waals surface area contributed by atoms with Gasteiger partial charge >= 0.3 is 0 Å². The molecule has 0 unspecified atom stereocenters. The van der Waals surface area contributed by atoms with Gasteiger partial charge in [-0.1, -0.05) is 31.5 Å². The number of carbonyl (C=O) groups is 1. The number of nitrogens with one attached hydrogen (secondary N) is 1. The first-order valence-electron chi connectivity index (χ1n) is 5.65. The summed E-state index contributed by atoms with van der Waals surface area (Å²) in [7, 11) is 0. The van der Waals surface area contributed by atoms with Crippen LogP contribution in [0.15, 0.2) is 18.2 Å². The lowest BCUT2D eigenvalue weighted by molar-refractivity contribution is 0.0935. The van der Waals surface area contributed by atoms with Crippen LogP contribution in [0, 0.1) is 11.2 Å². The van der Waals surface area contributed by atoms with Crippen LogP contribution in [0.3, 0.4) is 0 Å². The lowest BCUT2D eigenvalue weighted by atomic mass is 9.90. The van der Waals surface area contributed by atoms with Gasteiger partial charge in [0, 0.05) is 12.4 Å². The average Bonchev–Trinajstić information content (AvgIpc) is 2.30. The van der Waals surface area contributed by atoms with E-state index in [0.717, 1.165) is 6.42 Å². The second-order valence-electron chi connectivity index (χ2n) is 4.89. The van der Waals surface area contributed by atoms with Crippen LogP contribution in [0.1, 0.15) is 30.6 Å². The van der Waals surface area contributed by atoms with Gasteiger partial charge in [-0.05, 0) is 24.0 Å². The first kappa shape index (κ1) is 15.3. The molecule has 0 atom stereocenters. The van der Waals surface area contributed by atoms with Gasteiger partial charge < -0.3 is 5.32 Å². The number of benzene rings is 1. The van der Waals surface area contributed by atoms with E-state index in [0.29, 0.717) is 12.4 Å². The van der Waals surface area contributed by atoms with Crippen LogP contribution in [0.4, 0.5) is 4.39 Å². The lowest BCUT2D eigenvalue weighted by Crippen LogP contribution is -2.34. The Hall–Kier alpha value is -0.800.